The number of para-hydroxylation sites is 1. The third-order valence-electron chi connectivity index (χ3n) is 3.56. The maximum atomic E-state index is 10.9. The van der Waals surface area contributed by atoms with Gasteiger partial charge in [0.15, 0.2) is 0 Å². The molecule has 0 atom stereocenters. The van der Waals surface area contributed by atoms with E-state index in [1.165, 1.54) is 12.1 Å². The van der Waals surface area contributed by atoms with Crippen LogP contribution in [0, 0.1) is 10.1 Å². The van der Waals surface area contributed by atoms with E-state index in [0.29, 0.717) is 21.4 Å². The smallest absolute Gasteiger partial charge is 0.270 e. The Morgan fingerprint density at radius 3 is 2.76 bits per heavy atom. The number of non-ortho nitro benzene ring substituents is 1. The molecule has 4 aromatic rings. The van der Waals surface area contributed by atoms with Gasteiger partial charge in [0.2, 0.25) is 0 Å². The molecule has 0 saturated heterocycles. The fourth-order valence-electron chi connectivity index (χ4n) is 2.57. The van der Waals surface area contributed by atoms with Gasteiger partial charge in [0.1, 0.15) is 0 Å². The number of hydrogen-bond acceptors (Lipinski definition) is 3. The van der Waals surface area contributed by atoms with E-state index < -0.39 is 4.92 Å². The summed E-state index contributed by atoms with van der Waals surface area (Å²) < 4.78 is 0. The van der Waals surface area contributed by atoms with Crippen molar-refractivity contribution in [2.75, 3.05) is 0 Å². The molecule has 0 spiro atoms. The lowest BCUT2D eigenvalue weighted by Crippen LogP contribution is -1.89. The van der Waals surface area contributed by atoms with Crippen LogP contribution in [-0.2, 0) is 0 Å². The fourth-order valence-corrected chi connectivity index (χ4v) is 2.86. The van der Waals surface area contributed by atoms with Gasteiger partial charge in [-0.1, -0.05) is 29.8 Å². The van der Waals surface area contributed by atoms with E-state index in [-0.39, 0.29) is 5.69 Å². The van der Waals surface area contributed by atoms with Crippen LogP contribution in [0.5, 0.6) is 0 Å². The van der Waals surface area contributed by atoms with Crippen LogP contribution in [0.2, 0.25) is 5.02 Å². The summed E-state index contributed by atoms with van der Waals surface area (Å²) >= 11 is 6.43. The zero-order chi connectivity index (χ0) is 14.6. The van der Waals surface area contributed by atoms with Crippen molar-refractivity contribution in [1.29, 1.82) is 0 Å². The zero-order valence-corrected chi connectivity index (χ0v) is 11.4. The van der Waals surface area contributed by atoms with Gasteiger partial charge < -0.3 is 4.98 Å². The number of pyridine rings is 1. The number of nitrogens with one attached hydrogen (secondary N) is 1. The first-order chi connectivity index (χ1) is 10.1. The Morgan fingerprint density at radius 2 is 1.95 bits per heavy atom. The Kier molecular flexibility index (Phi) is 2.40. The average Bonchev–Trinajstić information content (AvgIpc) is 2.86. The number of fused-ring (bicyclic) bond motifs is 4. The van der Waals surface area contributed by atoms with Crippen LogP contribution in [0.15, 0.2) is 42.5 Å². The van der Waals surface area contributed by atoms with Gasteiger partial charge in [0.25, 0.3) is 5.69 Å². The number of nitrogens with zero attached hydrogens (tertiary/aromatic N) is 2. The second kappa shape index (κ2) is 4.17. The van der Waals surface area contributed by atoms with Crippen LogP contribution >= 0.6 is 11.6 Å². The van der Waals surface area contributed by atoms with Gasteiger partial charge in [0, 0.05) is 28.4 Å². The van der Waals surface area contributed by atoms with E-state index in [0.717, 1.165) is 16.4 Å². The molecule has 0 fully saturated rings. The third kappa shape index (κ3) is 1.68. The molecule has 0 amide bonds. The summed E-state index contributed by atoms with van der Waals surface area (Å²) in [4.78, 5) is 18.3. The first kappa shape index (κ1) is 12.1. The molecule has 2 heterocycles. The summed E-state index contributed by atoms with van der Waals surface area (Å²) in [6.07, 6.45) is 0. The zero-order valence-electron chi connectivity index (χ0n) is 10.6. The number of halogens is 1. The molecule has 0 aliphatic carbocycles. The monoisotopic (exact) mass is 297 g/mol. The molecular weight excluding hydrogens is 290 g/mol. The van der Waals surface area contributed by atoms with Crippen LogP contribution in [0.3, 0.4) is 0 Å². The molecule has 1 N–H and O–H groups in total. The van der Waals surface area contributed by atoms with E-state index in [1.807, 2.05) is 24.3 Å². The maximum absolute atomic E-state index is 10.9. The fraction of sp³-hybridized carbons (Fsp3) is 0. The summed E-state index contributed by atoms with van der Waals surface area (Å²) in [5, 5.41) is 12.9. The molecule has 102 valence electrons. The number of aromatic nitrogens is 2. The number of aromatic amines is 1. The lowest BCUT2D eigenvalue weighted by molar-refractivity contribution is -0.384. The SMILES string of the molecule is O=[N+]([O-])c1ccc2nc3c([nH]c4ccccc43)c(Cl)c2c1. The lowest BCUT2D eigenvalue weighted by atomic mass is 10.1. The van der Waals surface area contributed by atoms with Crippen LogP contribution in [0.4, 0.5) is 5.69 Å². The minimum Gasteiger partial charge on any atom is -0.352 e. The minimum absolute atomic E-state index is 0.00154. The van der Waals surface area contributed by atoms with Gasteiger partial charge in [-0.2, -0.15) is 0 Å². The van der Waals surface area contributed by atoms with Crippen molar-refractivity contribution in [3.63, 3.8) is 0 Å². The normalized spacial score (nSPS) is 11.5. The molecule has 0 aliphatic heterocycles. The van der Waals surface area contributed by atoms with Crippen LogP contribution in [-0.4, -0.2) is 14.9 Å². The van der Waals surface area contributed by atoms with Crippen molar-refractivity contribution in [1.82, 2.24) is 9.97 Å². The Hall–Kier alpha value is -2.66. The largest absolute Gasteiger partial charge is 0.352 e. The molecule has 0 unspecified atom stereocenters. The van der Waals surface area contributed by atoms with Crippen molar-refractivity contribution < 1.29 is 4.92 Å². The van der Waals surface area contributed by atoms with Gasteiger partial charge >= 0.3 is 0 Å². The van der Waals surface area contributed by atoms with Gasteiger partial charge in [-0.15, -0.1) is 0 Å². The summed E-state index contributed by atoms with van der Waals surface area (Å²) in [7, 11) is 0. The van der Waals surface area contributed by atoms with Crippen molar-refractivity contribution >= 4 is 50.1 Å². The van der Waals surface area contributed by atoms with E-state index in [9.17, 15) is 10.1 Å². The molecule has 2 aromatic heterocycles. The predicted octanol–water partition coefficient (Wildman–Crippen LogP) is 4.43. The molecule has 0 radical (unpaired) electrons. The van der Waals surface area contributed by atoms with Crippen LogP contribution < -0.4 is 0 Å². The molecule has 0 bridgehead atoms. The molecule has 5 nitrogen and oxygen atoms in total. The summed E-state index contributed by atoms with van der Waals surface area (Å²) in [5.74, 6) is 0. The van der Waals surface area contributed by atoms with Crippen LogP contribution in [0.25, 0.3) is 32.8 Å². The Morgan fingerprint density at radius 1 is 1.14 bits per heavy atom. The summed E-state index contributed by atoms with van der Waals surface area (Å²) in [6.45, 7) is 0. The van der Waals surface area contributed by atoms with E-state index in [2.05, 4.69) is 9.97 Å². The van der Waals surface area contributed by atoms with Crippen molar-refractivity contribution in [3.8, 4) is 0 Å². The first-order valence-electron chi connectivity index (χ1n) is 6.29. The molecular formula is C15H8ClN3O2. The van der Waals surface area contributed by atoms with Gasteiger partial charge in [-0.25, -0.2) is 4.98 Å². The molecule has 0 saturated carbocycles. The van der Waals surface area contributed by atoms with Crippen molar-refractivity contribution in [3.05, 3.63) is 57.6 Å². The first-order valence-corrected chi connectivity index (χ1v) is 6.67. The molecule has 2 aromatic carbocycles. The van der Waals surface area contributed by atoms with Crippen LogP contribution in [0.1, 0.15) is 0 Å². The van der Waals surface area contributed by atoms with E-state index in [1.54, 1.807) is 6.07 Å². The highest BCUT2D eigenvalue weighted by Gasteiger charge is 2.15. The highest BCUT2D eigenvalue weighted by molar-refractivity contribution is 6.40. The minimum atomic E-state index is -0.439. The molecule has 4 rings (SSSR count). The number of rotatable bonds is 1. The third-order valence-corrected chi connectivity index (χ3v) is 3.95. The number of H-pyrrole nitrogens is 1. The number of hydrogen-bond donors (Lipinski definition) is 1. The van der Waals surface area contributed by atoms with Gasteiger partial charge in [0.05, 0.1) is 26.5 Å². The summed E-state index contributed by atoms with van der Waals surface area (Å²) in [5.41, 5.74) is 3.05. The van der Waals surface area contributed by atoms with Crippen molar-refractivity contribution in [2.24, 2.45) is 0 Å². The molecule has 21 heavy (non-hydrogen) atoms. The number of nitro benzene ring substituents is 1. The Labute approximate surface area is 123 Å². The Balaban J connectivity index is 2.19. The second-order valence-corrected chi connectivity index (χ2v) is 5.16. The lowest BCUT2D eigenvalue weighted by Gasteiger charge is -2.02. The van der Waals surface area contributed by atoms with E-state index in [4.69, 9.17) is 11.6 Å². The molecule has 6 heteroatoms. The average molecular weight is 298 g/mol. The molecule has 0 aliphatic rings. The van der Waals surface area contributed by atoms with Crippen molar-refractivity contribution in [2.45, 2.75) is 0 Å². The quantitative estimate of drug-likeness (QED) is 0.417. The summed E-state index contributed by atoms with van der Waals surface area (Å²) in [6, 6.07) is 12.3. The standard InChI is InChI=1S/C15H8ClN3O2/c16-13-10-7-8(19(20)21)5-6-12(10)17-14-9-3-1-2-4-11(9)18-15(13)14/h1-7,18H. The highest BCUT2D eigenvalue weighted by Crippen LogP contribution is 2.35. The maximum Gasteiger partial charge on any atom is 0.270 e. The van der Waals surface area contributed by atoms with Gasteiger partial charge in [-0.05, 0) is 12.1 Å². The predicted molar refractivity (Wildman–Crippen MR) is 82.8 cm³/mol. The van der Waals surface area contributed by atoms with E-state index >= 15 is 0 Å². The number of benzene rings is 2. The van der Waals surface area contributed by atoms with Gasteiger partial charge in [-0.3, -0.25) is 10.1 Å². The highest BCUT2D eigenvalue weighted by atomic mass is 35.5. The topological polar surface area (TPSA) is 71.8 Å². The second-order valence-electron chi connectivity index (χ2n) is 4.78. The number of nitro groups is 1. The Bertz CT molecular complexity index is 1040.